The molecule has 0 radical (unpaired) electrons. The molecule has 5 atom stereocenters. The number of aliphatic hydroxyl groups is 1. The summed E-state index contributed by atoms with van der Waals surface area (Å²) in [4.78, 5) is 81.2. The number of nitrogens with one attached hydrogen (secondary N) is 5. The van der Waals surface area contributed by atoms with Crippen LogP contribution in [-0.4, -0.2) is 84.1 Å². The number of aliphatic hydroxyl groups excluding tert-OH is 1. The minimum Gasteiger partial charge on any atom is -0.497 e. The standard InChI is InChI=1S/C49H67N5O9/c1-6-18-38(44(57)47(60)50-32-41(56)54-43(36-24-14-9-15-25-36)48(61)63-49(2,3)4)51-45(58)39(31-34-20-10-7-11-21-34)52-46(59)42(35-22-12-8-13-23-35)53-40(55)26-17-16-19-33-27-29-37(62-5)30-28-33/h7,9-11,14-15,20-21,24-25,27-30,35,38-39,42-44,57H,6,8,12-13,16-19,22-23,26,31-32H2,1-5H3,(H,50,60)(H,51,58)(H,52,59)(H,53,55)(H,54,56). The van der Waals surface area contributed by atoms with E-state index in [0.717, 1.165) is 61.8 Å². The fourth-order valence-electron chi connectivity index (χ4n) is 7.69. The van der Waals surface area contributed by atoms with Gasteiger partial charge in [-0.05, 0) is 94.0 Å². The third-order valence-corrected chi connectivity index (χ3v) is 11.0. The van der Waals surface area contributed by atoms with Crippen molar-refractivity contribution in [2.75, 3.05) is 13.7 Å². The first-order valence-electron chi connectivity index (χ1n) is 22.3. The van der Waals surface area contributed by atoms with Crippen molar-refractivity contribution >= 4 is 35.5 Å². The van der Waals surface area contributed by atoms with Gasteiger partial charge in [-0.15, -0.1) is 0 Å². The van der Waals surface area contributed by atoms with Crippen LogP contribution in [0.25, 0.3) is 0 Å². The van der Waals surface area contributed by atoms with Crippen LogP contribution in [0.5, 0.6) is 5.75 Å². The predicted molar refractivity (Wildman–Crippen MR) is 240 cm³/mol. The van der Waals surface area contributed by atoms with E-state index in [4.69, 9.17) is 9.47 Å². The van der Waals surface area contributed by atoms with Crippen LogP contribution >= 0.6 is 0 Å². The molecule has 0 heterocycles. The Bertz CT molecular complexity index is 1910. The summed E-state index contributed by atoms with van der Waals surface area (Å²) in [6.45, 7) is 6.39. The van der Waals surface area contributed by atoms with E-state index in [1.807, 2.05) is 61.5 Å². The van der Waals surface area contributed by atoms with Gasteiger partial charge in [0.05, 0.1) is 19.7 Å². The van der Waals surface area contributed by atoms with Crippen molar-refractivity contribution in [3.8, 4) is 5.75 Å². The summed E-state index contributed by atoms with van der Waals surface area (Å²) in [6, 6.07) is 21.3. The van der Waals surface area contributed by atoms with E-state index in [0.29, 0.717) is 18.4 Å². The summed E-state index contributed by atoms with van der Waals surface area (Å²) in [5.74, 6) is -2.94. The number of carbonyl (C=O) groups is 6. The highest BCUT2D eigenvalue weighted by Gasteiger charge is 2.36. The fraction of sp³-hybridized carbons (Fsp3) is 0.510. The van der Waals surface area contributed by atoms with Crippen LogP contribution in [-0.2, 0) is 46.3 Å². The van der Waals surface area contributed by atoms with Crippen molar-refractivity contribution in [2.24, 2.45) is 5.92 Å². The molecule has 1 aliphatic rings. The molecule has 1 aliphatic carbocycles. The number of carbonyl (C=O) groups excluding carboxylic acids is 6. The Hall–Kier alpha value is -5.76. The molecule has 0 aliphatic heterocycles. The van der Waals surface area contributed by atoms with Gasteiger partial charge >= 0.3 is 5.97 Å². The van der Waals surface area contributed by atoms with Crippen LogP contribution in [0.4, 0.5) is 0 Å². The normalized spacial score (nSPS) is 15.3. The zero-order chi connectivity index (χ0) is 45.8. The largest absolute Gasteiger partial charge is 0.497 e. The molecule has 0 bridgehead atoms. The third-order valence-electron chi connectivity index (χ3n) is 11.0. The number of benzene rings is 3. The second kappa shape index (κ2) is 25.4. The number of hydrogen-bond acceptors (Lipinski definition) is 9. The van der Waals surface area contributed by atoms with Crippen LogP contribution in [0.2, 0.25) is 0 Å². The number of methoxy groups -OCH3 is 1. The Morgan fingerprint density at radius 2 is 1.38 bits per heavy atom. The zero-order valence-corrected chi connectivity index (χ0v) is 37.5. The number of hydrogen-bond donors (Lipinski definition) is 6. The third kappa shape index (κ3) is 17.1. The molecule has 5 amide bonds. The van der Waals surface area contributed by atoms with E-state index in [9.17, 15) is 33.9 Å². The molecule has 14 heteroatoms. The van der Waals surface area contributed by atoms with E-state index in [2.05, 4.69) is 26.6 Å². The van der Waals surface area contributed by atoms with Crippen LogP contribution in [0.1, 0.15) is 115 Å². The number of rotatable bonds is 23. The Morgan fingerprint density at radius 1 is 0.730 bits per heavy atom. The zero-order valence-electron chi connectivity index (χ0n) is 37.5. The molecule has 3 aromatic rings. The number of amides is 5. The SMILES string of the molecule is CCCC(NC(=O)C(Cc1ccccc1)NC(=O)C(NC(=O)CCCCc1ccc(OC)cc1)C1CCCCC1)C(O)C(=O)NCC(=O)NC(C(=O)OC(C)(C)C)c1ccccc1. The second-order valence-corrected chi connectivity index (χ2v) is 17.3. The lowest BCUT2D eigenvalue weighted by molar-refractivity contribution is -0.158. The Labute approximate surface area is 372 Å². The van der Waals surface area contributed by atoms with Crippen molar-refractivity contribution < 1.29 is 43.3 Å². The van der Waals surface area contributed by atoms with Gasteiger partial charge in [-0.3, -0.25) is 24.0 Å². The average Bonchev–Trinajstić information content (AvgIpc) is 3.27. The van der Waals surface area contributed by atoms with Gasteiger partial charge in [-0.25, -0.2) is 4.79 Å². The Kier molecular flexibility index (Phi) is 20.1. The second-order valence-electron chi connectivity index (χ2n) is 17.3. The fourth-order valence-corrected chi connectivity index (χ4v) is 7.69. The van der Waals surface area contributed by atoms with Crippen LogP contribution in [0, 0.1) is 5.92 Å². The van der Waals surface area contributed by atoms with Crippen molar-refractivity contribution in [2.45, 2.75) is 141 Å². The van der Waals surface area contributed by atoms with Gasteiger partial charge < -0.3 is 41.2 Å². The van der Waals surface area contributed by atoms with E-state index < -0.39 is 72.0 Å². The predicted octanol–water partition coefficient (Wildman–Crippen LogP) is 5.16. The van der Waals surface area contributed by atoms with Gasteiger partial charge in [0.15, 0.2) is 12.1 Å². The van der Waals surface area contributed by atoms with Gasteiger partial charge in [0.1, 0.15) is 23.4 Å². The number of unbranched alkanes of at least 4 members (excludes halogenated alkanes) is 1. The summed E-state index contributed by atoms with van der Waals surface area (Å²) in [5, 5.41) is 25.0. The van der Waals surface area contributed by atoms with Crippen molar-refractivity contribution in [1.82, 2.24) is 26.6 Å². The minimum atomic E-state index is -1.76. The van der Waals surface area contributed by atoms with Crippen LogP contribution < -0.4 is 31.3 Å². The molecule has 342 valence electrons. The van der Waals surface area contributed by atoms with Gasteiger partial charge in [-0.2, -0.15) is 0 Å². The van der Waals surface area contributed by atoms with Crippen LogP contribution in [0.15, 0.2) is 84.9 Å². The lowest BCUT2D eigenvalue weighted by Gasteiger charge is -2.32. The Balaban J connectivity index is 1.41. The monoisotopic (exact) mass is 869 g/mol. The van der Waals surface area contributed by atoms with Gasteiger partial charge in [-0.1, -0.05) is 105 Å². The number of ether oxygens (including phenoxy) is 2. The molecule has 1 fully saturated rings. The molecule has 63 heavy (non-hydrogen) atoms. The van der Waals surface area contributed by atoms with Crippen LogP contribution in [0.3, 0.4) is 0 Å². The van der Waals surface area contributed by atoms with Crippen molar-refractivity contribution in [3.63, 3.8) is 0 Å². The molecule has 0 spiro atoms. The van der Waals surface area contributed by atoms with Crippen molar-refractivity contribution in [3.05, 3.63) is 102 Å². The van der Waals surface area contributed by atoms with Gasteiger partial charge in [0, 0.05) is 12.8 Å². The minimum absolute atomic E-state index is 0.106. The molecular formula is C49H67N5O9. The molecule has 4 rings (SSSR count). The first kappa shape index (κ1) is 49.9. The van der Waals surface area contributed by atoms with Gasteiger partial charge in [0.2, 0.25) is 23.6 Å². The quantitative estimate of drug-likeness (QED) is 0.0550. The molecular weight excluding hydrogens is 803 g/mol. The number of aryl methyl sites for hydroxylation is 1. The highest BCUT2D eigenvalue weighted by molar-refractivity contribution is 5.93. The summed E-state index contributed by atoms with van der Waals surface area (Å²) < 4.78 is 10.8. The summed E-state index contributed by atoms with van der Waals surface area (Å²) in [6.07, 6.45) is 5.93. The maximum Gasteiger partial charge on any atom is 0.333 e. The molecule has 3 aromatic carbocycles. The maximum atomic E-state index is 14.2. The summed E-state index contributed by atoms with van der Waals surface area (Å²) in [5.41, 5.74) is 1.58. The molecule has 1 saturated carbocycles. The first-order valence-corrected chi connectivity index (χ1v) is 22.3. The highest BCUT2D eigenvalue weighted by Crippen LogP contribution is 2.27. The average molecular weight is 870 g/mol. The lowest BCUT2D eigenvalue weighted by atomic mass is 9.83. The topological polar surface area (TPSA) is 201 Å². The van der Waals surface area contributed by atoms with Gasteiger partial charge in [0.25, 0.3) is 5.91 Å². The van der Waals surface area contributed by atoms with E-state index >= 15 is 0 Å². The maximum absolute atomic E-state index is 14.2. The number of esters is 1. The first-order chi connectivity index (χ1) is 30.2. The molecule has 14 nitrogen and oxygen atoms in total. The highest BCUT2D eigenvalue weighted by atomic mass is 16.6. The molecule has 0 aromatic heterocycles. The molecule has 5 unspecified atom stereocenters. The summed E-state index contributed by atoms with van der Waals surface area (Å²) >= 11 is 0. The van der Waals surface area contributed by atoms with E-state index in [-0.39, 0.29) is 31.1 Å². The summed E-state index contributed by atoms with van der Waals surface area (Å²) in [7, 11) is 1.62. The van der Waals surface area contributed by atoms with E-state index in [1.165, 1.54) is 0 Å². The molecule has 0 saturated heterocycles. The Morgan fingerprint density at radius 3 is 2.00 bits per heavy atom. The lowest BCUT2D eigenvalue weighted by Crippen LogP contribution is -2.59. The molecule has 6 N–H and O–H groups in total. The van der Waals surface area contributed by atoms with Crippen molar-refractivity contribution in [1.29, 1.82) is 0 Å². The smallest absolute Gasteiger partial charge is 0.333 e. The van der Waals surface area contributed by atoms with E-state index in [1.54, 1.807) is 58.2 Å².